The molecule has 0 fully saturated rings. The van der Waals surface area contributed by atoms with Crippen molar-refractivity contribution < 1.29 is 30.7 Å². The van der Waals surface area contributed by atoms with Crippen molar-refractivity contribution >= 4 is 38.0 Å². The van der Waals surface area contributed by atoms with Gasteiger partial charge >= 0.3 is 6.41 Å². The summed E-state index contributed by atoms with van der Waals surface area (Å²) >= 11 is 0. The largest absolute Gasteiger partial charge is 0.318 e. The normalized spacial score (nSPS) is 11.9. The summed E-state index contributed by atoms with van der Waals surface area (Å²) in [5.74, 6) is 0. The van der Waals surface area contributed by atoms with Gasteiger partial charge < -0.3 is 11.1 Å². The SMILES string of the molecule is [NH]c1ccc(-c2ccc(N[C]=O)cc2S(=O)(=O)O)c(S(=O)(=O)O)c1. The molecule has 0 unspecified atom stereocenters. The average molecular weight is 370 g/mol. The third-order valence-electron chi connectivity index (χ3n) is 3.00. The van der Waals surface area contributed by atoms with Gasteiger partial charge in [-0.1, -0.05) is 12.1 Å². The van der Waals surface area contributed by atoms with E-state index in [4.69, 9.17) is 5.73 Å². The van der Waals surface area contributed by atoms with Crippen molar-refractivity contribution in [2.45, 2.75) is 9.79 Å². The van der Waals surface area contributed by atoms with Crippen LogP contribution >= 0.6 is 0 Å². The second-order valence-corrected chi connectivity index (χ2v) is 7.38. The van der Waals surface area contributed by atoms with Gasteiger partial charge in [0.15, 0.2) is 0 Å². The molecule has 0 aliphatic carbocycles. The van der Waals surface area contributed by atoms with Crippen LogP contribution in [-0.2, 0) is 25.0 Å². The van der Waals surface area contributed by atoms with Gasteiger partial charge in [0.2, 0.25) is 0 Å². The van der Waals surface area contributed by atoms with E-state index >= 15 is 0 Å². The molecule has 0 aliphatic heterocycles. The van der Waals surface area contributed by atoms with E-state index in [2.05, 4.69) is 5.32 Å². The molecule has 2 aromatic rings. The molecule has 0 aliphatic rings. The van der Waals surface area contributed by atoms with E-state index in [1.165, 1.54) is 18.5 Å². The first-order valence-electron chi connectivity index (χ1n) is 6.12. The maximum absolute atomic E-state index is 11.6. The molecule has 2 radical (unpaired) electrons. The summed E-state index contributed by atoms with van der Waals surface area (Å²) in [6.07, 6.45) is 1.33. The van der Waals surface area contributed by atoms with Crippen LogP contribution in [-0.4, -0.2) is 32.4 Å². The zero-order valence-electron chi connectivity index (χ0n) is 11.7. The molecule has 0 atom stereocenters. The highest BCUT2D eigenvalue weighted by atomic mass is 32.2. The number of hydrogen-bond donors (Lipinski definition) is 3. The van der Waals surface area contributed by atoms with Gasteiger partial charge in [0.25, 0.3) is 20.2 Å². The second-order valence-electron chi connectivity index (χ2n) is 4.60. The molecule has 4 N–H and O–H groups in total. The first-order chi connectivity index (χ1) is 11.0. The zero-order chi connectivity index (χ0) is 18.1. The molecule has 11 heteroatoms. The van der Waals surface area contributed by atoms with Gasteiger partial charge in [0.1, 0.15) is 9.79 Å². The molecular formula is C13H10N2O7S2. The Bertz CT molecular complexity index is 1010. The maximum Gasteiger partial charge on any atom is 0.314 e. The standard InChI is InChI=1S/C13H10N2O7S2/c14-8-1-3-10(12(5-8)23(17,18)19)11-4-2-9(15-7-16)6-13(11)24(20,21)22/h1-6,14H,(H,15,16)(H,17,18,19)(H,20,21,22). The van der Waals surface area contributed by atoms with Crippen molar-refractivity contribution in [2.24, 2.45) is 0 Å². The van der Waals surface area contributed by atoms with E-state index in [-0.39, 0.29) is 22.5 Å². The molecule has 9 nitrogen and oxygen atoms in total. The van der Waals surface area contributed by atoms with E-state index in [1.54, 1.807) is 0 Å². The van der Waals surface area contributed by atoms with Gasteiger partial charge in [-0.15, -0.1) is 0 Å². The van der Waals surface area contributed by atoms with Gasteiger partial charge in [-0.3, -0.25) is 13.9 Å². The van der Waals surface area contributed by atoms with Crippen LogP contribution in [0.5, 0.6) is 0 Å². The van der Waals surface area contributed by atoms with Crippen molar-refractivity contribution in [1.29, 1.82) is 0 Å². The van der Waals surface area contributed by atoms with Crippen LogP contribution < -0.4 is 11.1 Å². The summed E-state index contributed by atoms with van der Waals surface area (Å²) in [7, 11) is -9.55. The highest BCUT2D eigenvalue weighted by Gasteiger charge is 2.23. The molecule has 0 aromatic heterocycles. The molecule has 0 saturated carbocycles. The van der Waals surface area contributed by atoms with E-state index in [0.717, 1.165) is 24.3 Å². The first-order valence-corrected chi connectivity index (χ1v) is 9.00. The molecule has 2 rings (SSSR count). The minimum absolute atomic E-state index is 0.00751. The lowest BCUT2D eigenvalue weighted by molar-refractivity contribution is 0.480. The van der Waals surface area contributed by atoms with Crippen molar-refractivity contribution in [1.82, 2.24) is 5.73 Å². The first kappa shape index (κ1) is 17.9. The Morgan fingerprint density at radius 2 is 1.38 bits per heavy atom. The molecule has 126 valence electrons. The summed E-state index contributed by atoms with van der Waals surface area (Å²) < 4.78 is 64.9. The monoisotopic (exact) mass is 370 g/mol. The third kappa shape index (κ3) is 3.71. The van der Waals surface area contributed by atoms with Crippen molar-refractivity contribution in [2.75, 3.05) is 5.32 Å². The van der Waals surface area contributed by atoms with Crippen molar-refractivity contribution in [3.8, 4) is 11.1 Å². The fourth-order valence-corrected chi connectivity index (χ4v) is 3.52. The summed E-state index contributed by atoms with van der Waals surface area (Å²) in [6.45, 7) is 0. The molecule has 0 spiro atoms. The highest BCUT2D eigenvalue weighted by molar-refractivity contribution is 7.86. The second kappa shape index (κ2) is 6.20. The van der Waals surface area contributed by atoms with Crippen LogP contribution in [0.15, 0.2) is 46.2 Å². The van der Waals surface area contributed by atoms with Crippen LogP contribution in [0.2, 0.25) is 0 Å². The van der Waals surface area contributed by atoms with Gasteiger partial charge in [-0.05, 0) is 24.3 Å². The number of amides is 1. The Labute approximate surface area is 137 Å². The smallest absolute Gasteiger partial charge is 0.314 e. The molecule has 1 amide bonds. The van der Waals surface area contributed by atoms with Crippen LogP contribution in [0.25, 0.3) is 11.1 Å². The maximum atomic E-state index is 11.6. The zero-order valence-corrected chi connectivity index (χ0v) is 13.3. The fourth-order valence-electron chi connectivity index (χ4n) is 2.05. The van der Waals surface area contributed by atoms with Crippen LogP contribution in [0.1, 0.15) is 0 Å². The van der Waals surface area contributed by atoms with E-state index in [9.17, 15) is 30.7 Å². The van der Waals surface area contributed by atoms with Gasteiger partial charge in [0, 0.05) is 16.8 Å². The lowest BCUT2D eigenvalue weighted by atomic mass is 10.0. The molecule has 0 bridgehead atoms. The van der Waals surface area contributed by atoms with Gasteiger partial charge in [-0.2, -0.15) is 16.8 Å². The van der Waals surface area contributed by atoms with Crippen LogP contribution in [0, 0.1) is 0 Å². The van der Waals surface area contributed by atoms with Crippen molar-refractivity contribution in [3.05, 3.63) is 36.4 Å². The molecule has 24 heavy (non-hydrogen) atoms. The molecular weight excluding hydrogens is 360 g/mol. The summed E-state index contributed by atoms with van der Waals surface area (Å²) in [5, 5.41) is 2.07. The number of benzene rings is 2. The van der Waals surface area contributed by atoms with E-state index in [0.29, 0.717) is 0 Å². The van der Waals surface area contributed by atoms with Crippen molar-refractivity contribution in [3.63, 3.8) is 0 Å². The quantitative estimate of drug-likeness (QED) is 0.526. The minimum atomic E-state index is -4.79. The summed E-state index contributed by atoms with van der Waals surface area (Å²) in [4.78, 5) is 8.95. The molecule has 2 aromatic carbocycles. The Balaban J connectivity index is 2.86. The Morgan fingerprint density at radius 1 is 0.875 bits per heavy atom. The van der Waals surface area contributed by atoms with E-state index < -0.39 is 30.0 Å². The molecule has 0 saturated heterocycles. The van der Waals surface area contributed by atoms with Crippen LogP contribution in [0.3, 0.4) is 0 Å². The number of carbonyl (C=O) groups excluding carboxylic acids is 1. The molecule has 0 heterocycles. The average Bonchev–Trinajstić information content (AvgIpc) is 2.46. The number of nitrogens with one attached hydrogen (secondary N) is 2. The minimum Gasteiger partial charge on any atom is -0.318 e. The van der Waals surface area contributed by atoms with Gasteiger partial charge in [0.05, 0.1) is 5.69 Å². The lowest BCUT2D eigenvalue weighted by Gasteiger charge is -2.12. The Hall–Kier alpha value is -2.47. The Morgan fingerprint density at radius 3 is 1.88 bits per heavy atom. The number of anilines is 1. The lowest BCUT2D eigenvalue weighted by Crippen LogP contribution is -2.06. The predicted molar refractivity (Wildman–Crippen MR) is 83.6 cm³/mol. The Kier molecular flexibility index (Phi) is 4.62. The third-order valence-corrected chi connectivity index (χ3v) is 4.79. The van der Waals surface area contributed by atoms with E-state index in [1.807, 2.05) is 0 Å². The van der Waals surface area contributed by atoms with Crippen LogP contribution in [0.4, 0.5) is 11.4 Å². The topological polar surface area (TPSA) is 162 Å². The summed E-state index contributed by atoms with van der Waals surface area (Å²) in [5.41, 5.74) is 6.74. The number of rotatable bonds is 5. The highest BCUT2D eigenvalue weighted by Crippen LogP contribution is 2.35. The fraction of sp³-hybridized carbons (Fsp3) is 0. The van der Waals surface area contributed by atoms with Gasteiger partial charge in [-0.25, -0.2) is 0 Å². The summed E-state index contributed by atoms with van der Waals surface area (Å²) in [6, 6.07) is 6.42. The predicted octanol–water partition coefficient (Wildman–Crippen LogP) is 1.24. The number of hydrogen-bond acceptors (Lipinski definition) is 5.